The van der Waals surface area contributed by atoms with Crippen LogP contribution in [0.4, 0.5) is 18.9 Å². The van der Waals surface area contributed by atoms with Crippen molar-refractivity contribution < 1.29 is 22.7 Å². The van der Waals surface area contributed by atoms with Crippen LogP contribution in [0, 0.1) is 0 Å². The van der Waals surface area contributed by atoms with Crippen molar-refractivity contribution >= 4 is 22.7 Å². The van der Waals surface area contributed by atoms with Crippen molar-refractivity contribution in [3.63, 3.8) is 0 Å². The van der Waals surface area contributed by atoms with Crippen molar-refractivity contribution in [2.24, 2.45) is 0 Å². The molecule has 0 aliphatic heterocycles. The molecule has 0 spiro atoms. The normalized spacial score (nSPS) is 14.6. The number of hydrogen-bond acceptors (Lipinski definition) is 3. The summed E-state index contributed by atoms with van der Waals surface area (Å²) >= 11 is 0. The Labute approximate surface area is 157 Å². The lowest BCUT2D eigenvalue weighted by atomic mass is 9.90. The molecule has 0 heterocycles. The first-order chi connectivity index (χ1) is 12.8. The summed E-state index contributed by atoms with van der Waals surface area (Å²) in [7, 11) is 1.62. The maximum absolute atomic E-state index is 12.7. The molecule has 4 nitrogen and oxygen atoms in total. The van der Waals surface area contributed by atoms with Gasteiger partial charge in [-0.1, -0.05) is 18.7 Å². The molecule has 7 heteroatoms. The van der Waals surface area contributed by atoms with Gasteiger partial charge in [-0.3, -0.25) is 4.79 Å². The summed E-state index contributed by atoms with van der Waals surface area (Å²) in [5.74, 6) is -1.96. The topological polar surface area (TPSA) is 50.4 Å². The number of benzene rings is 1. The van der Waals surface area contributed by atoms with Gasteiger partial charge in [-0.2, -0.15) is 13.2 Å². The van der Waals surface area contributed by atoms with Crippen LogP contribution in [0.25, 0.3) is 11.1 Å². The third-order valence-electron chi connectivity index (χ3n) is 4.39. The van der Waals surface area contributed by atoms with Crippen LogP contribution in [0.1, 0.15) is 36.8 Å². The van der Waals surface area contributed by atoms with Crippen molar-refractivity contribution in [1.82, 2.24) is 5.32 Å². The average molecular weight is 382 g/mol. The highest BCUT2D eigenvalue weighted by Gasteiger charge is 2.39. The zero-order valence-corrected chi connectivity index (χ0v) is 15.4. The van der Waals surface area contributed by atoms with Crippen molar-refractivity contribution in [2.45, 2.75) is 31.9 Å². The van der Waals surface area contributed by atoms with Crippen LogP contribution in [-0.4, -0.2) is 38.9 Å². The third kappa shape index (κ3) is 6.22. The van der Waals surface area contributed by atoms with Gasteiger partial charge in [0.25, 0.3) is 0 Å². The first-order valence-electron chi connectivity index (χ1n) is 8.92. The fraction of sp³-hybridized carbons (Fsp3) is 0.450. The second kappa shape index (κ2) is 9.71. The summed E-state index contributed by atoms with van der Waals surface area (Å²) in [4.78, 5) is 11.4. The fourth-order valence-electron chi connectivity index (χ4n) is 2.93. The van der Waals surface area contributed by atoms with Gasteiger partial charge in [0.2, 0.25) is 0 Å². The number of anilines is 1. The summed E-state index contributed by atoms with van der Waals surface area (Å²) in [5, 5.41) is 5.20. The van der Waals surface area contributed by atoms with E-state index in [2.05, 4.69) is 11.9 Å². The van der Waals surface area contributed by atoms with Gasteiger partial charge in [0, 0.05) is 31.5 Å². The van der Waals surface area contributed by atoms with Crippen molar-refractivity contribution in [3.05, 3.63) is 42.0 Å². The van der Waals surface area contributed by atoms with Crippen molar-refractivity contribution in [1.29, 1.82) is 0 Å². The van der Waals surface area contributed by atoms with E-state index < -0.39 is 12.1 Å². The fourth-order valence-corrected chi connectivity index (χ4v) is 2.93. The van der Waals surface area contributed by atoms with Crippen LogP contribution in [0.3, 0.4) is 0 Å². The molecule has 27 heavy (non-hydrogen) atoms. The monoisotopic (exact) mass is 382 g/mol. The molecule has 1 aromatic rings. The Morgan fingerprint density at radius 2 is 2.07 bits per heavy atom. The van der Waals surface area contributed by atoms with Crippen LogP contribution < -0.4 is 10.6 Å². The second-order valence-corrected chi connectivity index (χ2v) is 6.46. The van der Waals surface area contributed by atoms with Crippen LogP contribution in [0.5, 0.6) is 0 Å². The van der Waals surface area contributed by atoms with E-state index in [0.717, 1.165) is 42.4 Å². The first kappa shape index (κ1) is 21.2. The molecule has 0 saturated heterocycles. The molecule has 148 valence electrons. The van der Waals surface area contributed by atoms with Gasteiger partial charge in [0.05, 0.1) is 6.61 Å². The Balaban J connectivity index is 2.25. The molecule has 2 rings (SSSR count). The lowest BCUT2D eigenvalue weighted by molar-refractivity contribution is -0.167. The summed E-state index contributed by atoms with van der Waals surface area (Å²) in [6.07, 6.45) is 0.797. The maximum Gasteiger partial charge on any atom is 0.471 e. The van der Waals surface area contributed by atoms with E-state index in [1.807, 2.05) is 17.5 Å². The number of alkyl halides is 3. The SMILES string of the molecule is C=C(CNCCOC)c1ccc(NC(=O)C(F)(F)F)c(C2=CCCCC2)c1. The van der Waals surface area contributed by atoms with Gasteiger partial charge >= 0.3 is 12.1 Å². The molecule has 1 aliphatic carbocycles. The zero-order valence-electron chi connectivity index (χ0n) is 15.4. The number of halogens is 3. The molecule has 0 bridgehead atoms. The van der Waals surface area contributed by atoms with Crippen molar-refractivity contribution in [3.8, 4) is 0 Å². The Morgan fingerprint density at radius 3 is 2.70 bits per heavy atom. The molecule has 1 aliphatic rings. The Morgan fingerprint density at radius 1 is 1.30 bits per heavy atom. The van der Waals surface area contributed by atoms with Gasteiger partial charge in [-0.05, 0) is 54.5 Å². The van der Waals surface area contributed by atoms with E-state index in [-0.39, 0.29) is 5.69 Å². The number of allylic oxidation sites excluding steroid dienone is 2. The Hall–Kier alpha value is -2.12. The third-order valence-corrected chi connectivity index (χ3v) is 4.39. The number of amides is 1. The molecule has 0 unspecified atom stereocenters. The minimum absolute atomic E-state index is 0.175. The summed E-state index contributed by atoms with van der Waals surface area (Å²) in [6, 6.07) is 5.01. The highest BCUT2D eigenvalue weighted by Crippen LogP contribution is 2.34. The predicted octanol–water partition coefficient (Wildman–Crippen LogP) is 4.39. The van der Waals surface area contributed by atoms with Crippen LogP contribution in [0.2, 0.25) is 0 Å². The van der Waals surface area contributed by atoms with Gasteiger partial charge in [0.1, 0.15) is 0 Å². The highest BCUT2D eigenvalue weighted by molar-refractivity contribution is 5.98. The summed E-state index contributed by atoms with van der Waals surface area (Å²) < 4.78 is 43.0. The average Bonchev–Trinajstić information content (AvgIpc) is 2.65. The number of carbonyl (C=O) groups excluding carboxylic acids is 1. The zero-order chi connectivity index (χ0) is 19.9. The van der Waals surface area contributed by atoms with Gasteiger partial charge in [0.15, 0.2) is 0 Å². The number of methoxy groups -OCH3 is 1. The number of hydrogen-bond donors (Lipinski definition) is 2. The molecule has 0 aromatic heterocycles. The van der Waals surface area contributed by atoms with Crippen LogP contribution >= 0.6 is 0 Å². The van der Waals surface area contributed by atoms with Crippen molar-refractivity contribution in [2.75, 3.05) is 32.1 Å². The minimum atomic E-state index is -4.92. The Kier molecular flexibility index (Phi) is 7.62. The standard InChI is InChI=1S/C20H25F3N2O2/c1-14(13-24-10-11-27-2)16-8-9-18(25-19(26)20(21,22)23)17(12-16)15-6-4-3-5-7-15/h6,8-9,12,24H,1,3-5,7,10-11,13H2,2H3,(H,25,26). The molecule has 0 radical (unpaired) electrons. The van der Waals surface area contributed by atoms with E-state index in [1.54, 1.807) is 13.2 Å². The van der Waals surface area contributed by atoms with E-state index in [4.69, 9.17) is 4.74 Å². The maximum atomic E-state index is 12.7. The molecule has 1 aromatic carbocycles. The lowest BCUT2D eigenvalue weighted by Crippen LogP contribution is -2.30. The number of ether oxygens (including phenoxy) is 1. The van der Waals surface area contributed by atoms with Gasteiger partial charge < -0.3 is 15.4 Å². The lowest BCUT2D eigenvalue weighted by Gasteiger charge is -2.19. The summed E-state index contributed by atoms with van der Waals surface area (Å²) in [6.45, 7) is 5.84. The second-order valence-electron chi connectivity index (χ2n) is 6.46. The molecule has 1 amide bonds. The first-order valence-corrected chi connectivity index (χ1v) is 8.92. The smallest absolute Gasteiger partial charge is 0.383 e. The predicted molar refractivity (Wildman–Crippen MR) is 101 cm³/mol. The van der Waals surface area contributed by atoms with E-state index in [9.17, 15) is 18.0 Å². The van der Waals surface area contributed by atoms with E-state index in [1.165, 1.54) is 6.07 Å². The van der Waals surface area contributed by atoms with Crippen LogP contribution in [0.15, 0.2) is 30.9 Å². The minimum Gasteiger partial charge on any atom is -0.383 e. The number of carbonyl (C=O) groups is 1. The molecule has 0 atom stereocenters. The summed E-state index contributed by atoms with van der Waals surface area (Å²) in [5.41, 5.74) is 3.40. The van der Waals surface area contributed by atoms with Gasteiger partial charge in [-0.25, -0.2) is 0 Å². The van der Waals surface area contributed by atoms with Gasteiger partial charge in [-0.15, -0.1) is 0 Å². The van der Waals surface area contributed by atoms with E-state index in [0.29, 0.717) is 25.3 Å². The molecule has 0 fully saturated rings. The van der Waals surface area contributed by atoms with E-state index >= 15 is 0 Å². The molecule has 2 N–H and O–H groups in total. The van der Waals surface area contributed by atoms with Crippen LogP contribution in [-0.2, 0) is 9.53 Å². The highest BCUT2D eigenvalue weighted by atomic mass is 19.4. The molecular weight excluding hydrogens is 357 g/mol. The molecular formula is C20H25F3N2O2. The number of nitrogens with one attached hydrogen (secondary N) is 2. The molecule has 0 saturated carbocycles. The largest absolute Gasteiger partial charge is 0.471 e. The number of rotatable bonds is 8. The Bertz CT molecular complexity index is 712. The quantitative estimate of drug-likeness (QED) is 0.656.